The number of ether oxygens (including phenoxy) is 3. The average molecular weight is 266 g/mol. The fourth-order valence-corrected chi connectivity index (χ4v) is 2.03. The molecule has 1 fully saturated rings. The summed E-state index contributed by atoms with van der Waals surface area (Å²) in [4.78, 5) is 11.1. The van der Waals surface area contributed by atoms with E-state index in [1.807, 2.05) is 26.8 Å². The molecule has 1 aliphatic rings. The van der Waals surface area contributed by atoms with E-state index in [9.17, 15) is 4.79 Å². The van der Waals surface area contributed by atoms with Crippen molar-refractivity contribution in [3.8, 4) is 5.75 Å². The third-order valence-electron chi connectivity index (χ3n) is 2.92. The van der Waals surface area contributed by atoms with E-state index in [-0.39, 0.29) is 18.3 Å². The van der Waals surface area contributed by atoms with Crippen LogP contribution in [0.1, 0.15) is 29.8 Å². The zero-order chi connectivity index (χ0) is 14.0. The van der Waals surface area contributed by atoms with Crippen molar-refractivity contribution in [1.29, 1.82) is 0 Å². The summed E-state index contributed by atoms with van der Waals surface area (Å²) < 4.78 is 16.7. The minimum absolute atomic E-state index is 0.165. The highest BCUT2D eigenvalue weighted by Crippen LogP contribution is 2.26. The molecule has 0 aliphatic carbocycles. The number of para-hydroxylation sites is 1. The van der Waals surface area contributed by atoms with Crippen LogP contribution in [0.5, 0.6) is 5.75 Å². The maximum atomic E-state index is 11.1. The smallest absolute Gasteiger partial charge is 0.339 e. The van der Waals surface area contributed by atoms with Gasteiger partial charge in [0.25, 0.3) is 0 Å². The van der Waals surface area contributed by atoms with Crippen LogP contribution in [0.4, 0.5) is 0 Å². The van der Waals surface area contributed by atoms with Gasteiger partial charge in [-0.05, 0) is 32.4 Å². The van der Waals surface area contributed by atoms with Crippen LogP contribution in [0.2, 0.25) is 0 Å². The number of aromatic carboxylic acids is 1. The third kappa shape index (κ3) is 3.24. The summed E-state index contributed by atoms with van der Waals surface area (Å²) in [5.74, 6) is -1.21. The van der Waals surface area contributed by atoms with E-state index < -0.39 is 11.8 Å². The van der Waals surface area contributed by atoms with E-state index in [1.54, 1.807) is 6.07 Å². The first-order valence-electron chi connectivity index (χ1n) is 6.16. The number of hydrogen-bond donors (Lipinski definition) is 1. The minimum Gasteiger partial charge on any atom is -0.490 e. The highest BCUT2D eigenvalue weighted by molar-refractivity contribution is 5.91. The topological polar surface area (TPSA) is 65.0 Å². The predicted octanol–water partition coefficient (Wildman–Crippen LogP) is 2.22. The Morgan fingerprint density at radius 2 is 2.26 bits per heavy atom. The monoisotopic (exact) mass is 266 g/mol. The largest absolute Gasteiger partial charge is 0.490 e. The Morgan fingerprint density at radius 1 is 1.53 bits per heavy atom. The molecule has 1 saturated heterocycles. The standard InChI is InChI=1S/C14H18O5/c1-9-5-4-6-11(13(15)16)12(9)17-7-10-8-18-14(2,3)19-10/h4-6,10H,7-8H2,1-3H3,(H,15,16). The second-order valence-electron chi connectivity index (χ2n) is 5.02. The summed E-state index contributed by atoms with van der Waals surface area (Å²) in [5, 5.41) is 9.13. The van der Waals surface area contributed by atoms with E-state index >= 15 is 0 Å². The molecule has 19 heavy (non-hydrogen) atoms. The second-order valence-corrected chi connectivity index (χ2v) is 5.02. The number of rotatable bonds is 4. The van der Waals surface area contributed by atoms with Crippen LogP contribution in [0.3, 0.4) is 0 Å². The fraction of sp³-hybridized carbons (Fsp3) is 0.500. The minimum atomic E-state index is -0.998. The van der Waals surface area contributed by atoms with Crippen LogP contribution in [0, 0.1) is 6.92 Å². The van der Waals surface area contributed by atoms with Crippen LogP contribution in [-0.2, 0) is 9.47 Å². The van der Waals surface area contributed by atoms with E-state index in [1.165, 1.54) is 6.07 Å². The van der Waals surface area contributed by atoms with Gasteiger partial charge in [0.1, 0.15) is 24.0 Å². The summed E-state index contributed by atoms with van der Waals surface area (Å²) in [6.45, 7) is 6.21. The predicted molar refractivity (Wildman–Crippen MR) is 68.5 cm³/mol. The van der Waals surface area contributed by atoms with Crippen LogP contribution in [0.25, 0.3) is 0 Å². The van der Waals surface area contributed by atoms with Gasteiger partial charge in [0.2, 0.25) is 0 Å². The average Bonchev–Trinajstić information content (AvgIpc) is 2.67. The van der Waals surface area contributed by atoms with E-state index in [4.69, 9.17) is 19.3 Å². The molecular weight excluding hydrogens is 248 g/mol. The van der Waals surface area contributed by atoms with Gasteiger partial charge in [-0.15, -0.1) is 0 Å². The number of aryl methyl sites for hydroxylation is 1. The summed E-state index contributed by atoms with van der Waals surface area (Å²) in [5.41, 5.74) is 0.955. The number of carboxylic acid groups (broad SMARTS) is 1. The van der Waals surface area contributed by atoms with Crippen LogP contribution in [-0.4, -0.2) is 36.2 Å². The summed E-state index contributed by atoms with van der Waals surface area (Å²) in [7, 11) is 0. The maximum Gasteiger partial charge on any atom is 0.339 e. The molecule has 1 heterocycles. The van der Waals surface area contributed by atoms with Crippen molar-refractivity contribution in [1.82, 2.24) is 0 Å². The molecule has 0 amide bonds. The Balaban J connectivity index is 2.06. The van der Waals surface area contributed by atoms with Gasteiger partial charge >= 0.3 is 5.97 Å². The van der Waals surface area contributed by atoms with Gasteiger partial charge in [-0.3, -0.25) is 0 Å². The van der Waals surface area contributed by atoms with Gasteiger partial charge in [0.15, 0.2) is 5.79 Å². The fourth-order valence-electron chi connectivity index (χ4n) is 2.03. The lowest BCUT2D eigenvalue weighted by atomic mass is 10.1. The Hall–Kier alpha value is -1.59. The molecule has 1 unspecified atom stereocenters. The third-order valence-corrected chi connectivity index (χ3v) is 2.92. The van der Waals surface area contributed by atoms with E-state index in [0.717, 1.165) is 5.56 Å². The van der Waals surface area contributed by atoms with Crippen LogP contribution in [0.15, 0.2) is 18.2 Å². The first-order chi connectivity index (χ1) is 8.89. The maximum absolute atomic E-state index is 11.1. The molecule has 5 heteroatoms. The van der Waals surface area contributed by atoms with Crippen molar-refractivity contribution in [2.24, 2.45) is 0 Å². The zero-order valence-corrected chi connectivity index (χ0v) is 11.3. The molecule has 0 spiro atoms. The second kappa shape index (κ2) is 5.19. The molecule has 0 bridgehead atoms. The molecule has 2 rings (SSSR count). The van der Waals surface area contributed by atoms with Gasteiger partial charge in [0.05, 0.1) is 6.61 Å². The van der Waals surface area contributed by atoms with Crippen LogP contribution >= 0.6 is 0 Å². The highest BCUT2D eigenvalue weighted by Gasteiger charge is 2.33. The Morgan fingerprint density at radius 3 is 2.84 bits per heavy atom. The summed E-state index contributed by atoms with van der Waals surface area (Å²) in [6, 6.07) is 5.04. The molecule has 104 valence electrons. The highest BCUT2D eigenvalue weighted by atomic mass is 16.7. The molecule has 5 nitrogen and oxygen atoms in total. The Kier molecular flexibility index (Phi) is 3.78. The van der Waals surface area contributed by atoms with Gasteiger partial charge < -0.3 is 19.3 Å². The van der Waals surface area contributed by atoms with Crippen molar-refractivity contribution in [3.05, 3.63) is 29.3 Å². The number of benzene rings is 1. The first kappa shape index (κ1) is 13.8. The zero-order valence-electron chi connectivity index (χ0n) is 11.3. The lowest BCUT2D eigenvalue weighted by Crippen LogP contribution is -2.25. The lowest BCUT2D eigenvalue weighted by molar-refractivity contribution is -0.141. The van der Waals surface area contributed by atoms with Crippen molar-refractivity contribution in [2.45, 2.75) is 32.7 Å². The SMILES string of the molecule is Cc1cccc(C(=O)O)c1OCC1COC(C)(C)O1. The van der Waals surface area contributed by atoms with Crippen molar-refractivity contribution in [2.75, 3.05) is 13.2 Å². The number of hydrogen-bond acceptors (Lipinski definition) is 4. The van der Waals surface area contributed by atoms with Gasteiger partial charge in [-0.25, -0.2) is 4.79 Å². The number of carboxylic acids is 1. The first-order valence-corrected chi connectivity index (χ1v) is 6.16. The normalized spacial score (nSPS) is 21.3. The van der Waals surface area contributed by atoms with Crippen molar-refractivity contribution in [3.63, 3.8) is 0 Å². The molecule has 0 saturated carbocycles. The lowest BCUT2D eigenvalue weighted by Gasteiger charge is -2.18. The summed E-state index contributed by atoms with van der Waals surface area (Å²) in [6.07, 6.45) is -0.184. The van der Waals surface area contributed by atoms with Crippen molar-refractivity contribution < 1.29 is 24.1 Å². The number of carbonyl (C=O) groups is 1. The molecule has 1 atom stereocenters. The van der Waals surface area contributed by atoms with Gasteiger partial charge in [-0.2, -0.15) is 0 Å². The quantitative estimate of drug-likeness (QED) is 0.905. The molecule has 1 N–H and O–H groups in total. The molecule has 1 aromatic carbocycles. The molecular formula is C14H18O5. The van der Waals surface area contributed by atoms with Crippen molar-refractivity contribution >= 4 is 5.97 Å². The van der Waals surface area contributed by atoms with E-state index in [0.29, 0.717) is 12.4 Å². The molecule has 1 aliphatic heterocycles. The van der Waals surface area contributed by atoms with Gasteiger partial charge in [-0.1, -0.05) is 12.1 Å². The summed E-state index contributed by atoms with van der Waals surface area (Å²) >= 11 is 0. The molecule has 0 radical (unpaired) electrons. The van der Waals surface area contributed by atoms with E-state index in [2.05, 4.69) is 0 Å². The Labute approximate surface area is 112 Å². The van der Waals surface area contributed by atoms with Gasteiger partial charge in [0, 0.05) is 0 Å². The van der Waals surface area contributed by atoms with Crippen LogP contribution < -0.4 is 4.74 Å². The Bertz CT molecular complexity index is 481. The molecule has 0 aromatic heterocycles. The molecule has 1 aromatic rings.